The maximum atomic E-state index is 12.3. The van der Waals surface area contributed by atoms with Crippen LogP contribution in [0.4, 0.5) is 0 Å². The molecule has 3 rings (SSSR count). The minimum absolute atomic E-state index is 0.198. The van der Waals surface area contributed by atoms with E-state index in [1.807, 2.05) is 0 Å². The number of pyridine rings is 1. The van der Waals surface area contributed by atoms with E-state index in [0.717, 1.165) is 5.56 Å². The van der Waals surface area contributed by atoms with E-state index in [4.69, 9.17) is 9.47 Å². The summed E-state index contributed by atoms with van der Waals surface area (Å²) >= 11 is 0. The molecular weight excluding hydrogens is 298 g/mol. The second-order valence-electron chi connectivity index (χ2n) is 4.74. The van der Waals surface area contributed by atoms with E-state index in [0.29, 0.717) is 17.1 Å². The number of Topliss-reactive ketones (excluding diaryl/α,β-unsaturated/α-hetero) is 1. The van der Waals surface area contributed by atoms with E-state index in [1.165, 1.54) is 7.11 Å². The van der Waals surface area contributed by atoms with Gasteiger partial charge in [-0.15, -0.1) is 0 Å². The summed E-state index contributed by atoms with van der Waals surface area (Å²) in [6.45, 7) is -0.205. The molecule has 1 aliphatic rings. The van der Waals surface area contributed by atoms with Crippen LogP contribution in [0.2, 0.25) is 0 Å². The molecule has 1 aromatic carbocycles. The highest BCUT2D eigenvalue weighted by Crippen LogP contribution is 2.34. The predicted octanol–water partition coefficient (Wildman–Crippen LogP) is 2.25. The Bertz CT molecular complexity index is 783. The quantitative estimate of drug-likeness (QED) is 0.637. The molecule has 1 aromatic heterocycles. The van der Waals surface area contributed by atoms with E-state index < -0.39 is 5.97 Å². The van der Waals surface area contributed by atoms with Crippen molar-refractivity contribution < 1.29 is 23.8 Å². The molecule has 2 heterocycles. The summed E-state index contributed by atoms with van der Waals surface area (Å²) in [7, 11) is 1.28. The summed E-state index contributed by atoms with van der Waals surface area (Å²) in [6.07, 6.45) is 4.93. The molecule has 0 aliphatic carbocycles. The highest BCUT2D eigenvalue weighted by molar-refractivity contribution is 6.14. The summed E-state index contributed by atoms with van der Waals surface area (Å²) in [5.41, 5.74) is 1.27. The molecule has 6 heteroatoms. The van der Waals surface area contributed by atoms with Crippen molar-refractivity contribution in [3.05, 3.63) is 59.6 Å². The number of carbonyl (C=O) groups excluding carboxylic acids is 2. The maximum Gasteiger partial charge on any atom is 0.343 e. The summed E-state index contributed by atoms with van der Waals surface area (Å²) < 4.78 is 15.4. The van der Waals surface area contributed by atoms with E-state index in [-0.39, 0.29) is 18.1 Å². The molecule has 0 N–H and O–H groups in total. The third-order valence-electron chi connectivity index (χ3n) is 3.23. The van der Waals surface area contributed by atoms with Gasteiger partial charge in [0.25, 0.3) is 0 Å². The molecule has 0 amide bonds. The molecule has 2 aromatic rings. The molecule has 0 spiro atoms. The van der Waals surface area contributed by atoms with E-state index in [1.54, 1.807) is 48.8 Å². The van der Waals surface area contributed by atoms with Crippen LogP contribution in [0, 0.1) is 0 Å². The van der Waals surface area contributed by atoms with Gasteiger partial charge >= 0.3 is 5.97 Å². The fourth-order valence-corrected chi connectivity index (χ4v) is 2.07. The van der Waals surface area contributed by atoms with E-state index >= 15 is 0 Å². The zero-order chi connectivity index (χ0) is 16.2. The van der Waals surface area contributed by atoms with Gasteiger partial charge in [0.15, 0.2) is 12.4 Å². The lowest BCUT2D eigenvalue weighted by molar-refractivity contribution is -0.142. The number of hydrogen-bond donors (Lipinski definition) is 0. The average molecular weight is 311 g/mol. The van der Waals surface area contributed by atoms with Gasteiger partial charge in [0, 0.05) is 18.5 Å². The lowest BCUT2D eigenvalue weighted by atomic mass is 10.1. The Balaban J connectivity index is 1.80. The molecule has 0 saturated carbocycles. The van der Waals surface area contributed by atoms with Crippen LogP contribution in [0.1, 0.15) is 15.9 Å². The maximum absolute atomic E-state index is 12.3. The smallest absolute Gasteiger partial charge is 0.343 e. The Morgan fingerprint density at radius 2 is 2.04 bits per heavy atom. The second-order valence-corrected chi connectivity index (χ2v) is 4.74. The van der Waals surface area contributed by atoms with E-state index in [2.05, 4.69) is 9.72 Å². The Morgan fingerprint density at radius 3 is 2.78 bits per heavy atom. The predicted molar refractivity (Wildman–Crippen MR) is 81.1 cm³/mol. The SMILES string of the molecule is COC(=O)COc1ccc2c(c1)O/C(=C\c1ccncc1)C2=O. The van der Waals surface area contributed by atoms with Gasteiger partial charge in [0.1, 0.15) is 11.5 Å². The number of nitrogens with zero attached hydrogens (tertiary/aromatic N) is 1. The zero-order valence-corrected chi connectivity index (χ0v) is 12.3. The van der Waals surface area contributed by atoms with Crippen LogP contribution in [0.25, 0.3) is 6.08 Å². The van der Waals surface area contributed by atoms with Crippen molar-refractivity contribution in [1.82, 2.24) is 4.98 Å². The lowest BCUT2D eigenvalue weighted by Crippen LogP contribution is -2.12. The topological polar surface area (TPSA) is 74.7 Å². The fourth-order valence-electron chi connectivity index (χ4n) is 2.07. The molecule has 0 radical (unpaired) electrons. The van der Waals surface area contributed by atoms with E-state index in [9.17, 15) is 9.59 Å². The number of allylic oxidation sites excluding steroid dienone is 1. The third-order valence-corrected chi connectivity index (χ3v) is 3.23. The summed E-state index contributed by atoms with van der Waals surface area (Å²) in [5.74, 6) is 0.373. The number of rotatable bonds is 4. The van der Waals surface area contributed by atoms with Gasteiger partial charge in [-0.3, -0.25) is 9.78 Å². The monoisotopic (exact) mass is 311 g/mol. The number of benzene rings is 1. The van der Waals surface area contributed by atoms with Crippen LogP contribution in [0.3, 0.4) is 0 Å². The van der Waals surface area contributed by atoms with Gasteiger partial charge in [-0.2, -0.15) is 0 Å². The molecule has 1 aliphatic heterocycles. The number of ketones is 1. The minimum Gasteiger partial charge on any atom is -0.482 e. The summed E-state index contributed by atoms with van der Waals surface area (Å²) in [6, 6.07) is 8.34. The molecule has 0 fully saturated rings. The summed E-state index contributed by atoms with van der Waals surface area (Å²) in [4.78, 5) is 27.3. The first-order valence-electron chi connectivity index (χ1n) is 6.85. The number of ether oxygens (including phenoxy) is 3. The fraction of sp³-hybridized carbons (Fsp3) is 0.118. The van der Waals surface area contributed by atoms with Crippen molar-refractivity contribution in [2.75, 3.05) is 13.7 Å². The van der Waals surface area contributed by atoms with Crippen LogP contribution in [-0.4, -0.2) is 30.5 Å². The first-order valence-corrected chi connectivity index (χ1v) is 6.85. The Labute approximate surface area is 132 Å². The molecule has 23 heavy (non-hydrogen) atoms. The zero-order valence-electron chi connectivity index (χ0n) is 12.3. The Hall–Kier alpha value is -3.15. The van der Waals surface area contributed by atoms with Gasteiger partial charge in [-0.25, -0.2) is 4.79 Å². The standard InChI is InChI=1S/C17H13NO5/c1-21-16(19)10-22-12-2-3-13-14(9-12)23-15(17(13)20)8-11-4-6-18-7-5-11/h2-9H,10H2,1H3/b15-8-. The molecule has 0 saturated heterocycles. The first kappa shape index (κ1) is 14.8. The van der Waals surface area contributed by atoms with Crippen molar-refractivity contribution in [3.63, 3.8) is 0 Å². The normalized spacial score (nSPS) is 14.3. The van der Waals surface area contributed by atoms with Crippen molar-refractivity contribution >= 4 is 17.8 Å². The average Bonchev–Trinajstić information content (AvgIpc) is 2.89. The van der Waals surface area contributed by atoms with Gasteiger partial charge < -0.3 is 14.2 Å². The van der Waals surface area contributed by atoms with Crippen LogP contribution in [0.15, 0.2) is 48.5 Å². The third kappa shape index (κ3) is 3.21. The molecule has 0 atom stereocenters. The van der Waals surface area contributed by atoms with Crippen LogP contribution < -0.4 is 9.47 Å². The number of esters is 1. The number of methoxy groups -OCH3 is 1. The second kappa shape index (κ2) is 6.31. The number of aromatic nitrogens is 1. The van der Waals surface area contributed by atoms with Crippen molar-refractivity contribution in [2.45, 2.75) is 0 Å². The van der Waals surface area contributed by atoms with Gasteiger partial charge in [-0.05, 0) is 35.9 Å². The summed E-state index contributed by atoms with van der Waals surface area (Å²) in [5, 5.41) is 0. The molecule has 6 nitrogen and oxygen atoms in total. The van der Waals surface area contributed by atoms with Gasteiger partial charge in [-0.1, -0.05) is 0 Å². The minimum atomic E-state index is -0.485. The van der Waals surface area contributed by atoms with Crippen LogP contribution in [0.5, 0.6) is 11.5 Å². The molecular formula is C17H13NO5. The Morgan fingerprint density at radius 1 is 1.26 bits per heavy atom. The first-order chi connectivity index (χ1) is 11.2. The van der Waals surface area contributed by atoms with Crippen molar-refractivity contribution in [2.24, 2.45) is 0 Å². The molecule has 0 unspecified atom stereocenters. The number of carbonyl (C=O) groups is 2. The number of fused-ring (bicyclic) bond motifs is 1. The highest BCUT2D eigenvalue weighted by atomic mass is 16.6. The van der Waals surface area contributed by atoms with Gasteiger partial charge in [0.2, 0.25) is 5.78 Å². The largest absolute Gasteiger partial charge is 0.482 e. The Kier molecular flexibility index (Phi) is 4.05. The molecule has 0 bridgehead atoms. The van der Waals surface area contributed by atoms with Crippen molar-refractivity contribution in [1.29, 1.82) is 0 Å². The highest BCUT2D eigenvalue weighted by Gasteiger charge is 2.27. The molecule has 116 valence electrons. The van der Waals surface area contributed by atoms with Crippen LogP contribution >= 0.6 is 0 Å². The van der Waals surface area contributed by atoms with Crippen LogP contribution in [-0.2, 0) is 9.53 Å². The lowest BCUT2D eigenvalue weighted by Gasteiger charge is -2.05. The van der Waals surface area contributed by atoms with Gasteiger partial charge in [0.05, 0.1) is 12.7 Å². The number of hydrogen-bond acceptors (Lipinski definition) is 6. The van der Waals surface area contributed by atoms with Crippen molar-refractivity contribution in [3.8, 4) is 11.5 Å².